The van der Waals surface area contributed by atoms with Gasteiger partial charge in [0.2, 0.25) is 0 Å². The largest absolute Gasteiger partial charge is 0.393 e. The van der Waals surface area contributed by atoms with Crippen LogP contribution in [0.1, 0.15) is 71.1 Å². The molecule has 2 saturated carbocycles. The lowest BCUT2D eigenvalue weighted by molar-refractivity contribution is 0.115. The molecule has 0 aromatic carbocycles. The molecule has 0 radical (unpaired) electrons. The third kappa shape index (κ3) is 5.58. The summed E-state index contributed by atoms with van der Waals surface area (Å²) in [6.07, 6.45) is 12.6. The van der Waals surface area contributed by atoms with Gasteiger partial charge in [-0.25, -0.2) is 0 Å². The van der Waals surface area contributed by atoms with Crippen molar-refractivity contribution < 1.29 is 5.11 Å². The van der Waals surface area contributed by atoms with Gasteiger partial charge in [-0.2, -0.15) is 0 Å². The minimum atomic E-state index is -0.150. The number of nitrogens with one attached hydrogen (secondary N) is 2. The van der Waals surface area contributed by atoms with Crippen LogP contribution < -0.4 is 10.6 Å². The lowest BCUT2D eigenvalue weighted by Crippen LogP contribution is -2.53. The fraction of sp³-hybridized carbons (Fsp3) is 0.950. The van der Waals surface area contributed by atoms with E-state index in [4.69, 9.17) is 4.99 Å². The zero-order valence-corrected chi connectivity index (χ0v) is 16.1. The standard InChI is InChI=1S/C20H38N4O/c1-2-21-20(22-14-16-8-6-12-19(16)25)23-17-9-7-13-24(15-17)18-10-4-3-5-11-18/h16-19,25H,2-15H2,1H3,(H2,21,22,23). The normalized spacial score (nSPS) is 32.7. The molecule has 3 N–H and O–H groups in total. The third-order valence-electron chi connectivity index (χ3n) is 6.33. The SMILES string of the molecule is CCNC(=NCC1CCCC1O)NC1CCCN(C2CCCCC2)C1. The van der Waals surface area contributed by atoms with Gasteiger partial charge >= 0.3 is 0 Å². The van der Waals surface area contributed by atoms with E-state index in [0.717, 1.165) is 50.9 Å². The Morgan fingerprint density at radius 3 is 2.60 bits per heavy atom. The van der Waals surface area contributed by atoms with Crippen molar-refractivity contribution in [2.75, 3.05) is 26.2 Å². The molecule has 5 heteroatoms. The number of hydrogen-bond acceptors (Lipinski definition) is 3. The second kappa shape index (κ2) is 9.77. The fourth-order valence-electron chi connectivity index (χ4n) is 4.85. The molecule has 2 aliphatic carbocycles. The van der Waals surface area contributed by atoms with Gasteiger partial charge in [0.15, 0.2) is 5.96 Å². The molecule has 0 aromatic heterocycles. The third-order valence-corrected chi connectivity index (χ3v) is 6.33. The maximum atomic E-state index is 10.0. The van der Waals surface area contributed by atoms with Crippen LogP contribution in [0, 0.1) is 5.92 Å². The number of aliphatic imine (C=N–C) groups is 1. The Morgan fingerprint density at radius 2 is 1.88 bits per heavy atom. The Morgan fingerprint density at radius 1 is 1.04 bits per heavy atom. The highest BCUT2D eigenvalue weighted by Crippen LogP contribution is 2.26. The number of aliphatic hydroxyl groups excluding tert-OH is 1. The number of piperidine rings is 1. The number of nitrogens with zero attached hydrogens (tertiary/aromatic N) is 2. The first-order valence-corrected chi connectivity index (χ1v) is 10.7. The summed E-state index contributed by atoms with van der Waals surface area (Å²) in [5, 5.41) is 17.1. The van der Waals surface area contributed by atoms with Crippen LogP contribution in [-0.4, -0.2) is 60.3 Å². The zero-order valence-electron chi connectivity index (χ0n) is 16.1. The fourth-order valence-corrected chi connectivity index (χ4v) is 4.85. The van der Waals surface area contributed by atoms with Crippen molar-refractivity contribution in [3.05, 3.63) is 0 Å². The summed E-state index contributed by atoms with van der Waals surface area (Å²) >= 11 is 0. The molecule has 25 heavy (non-hydrogen) atoms. The zero-order chi connectivity index (χ0) is 17.5. The first-order valence-electron chi connectivity index (χ1n) is 10.7. The van der Waals surface area contributed by atoms with Crippen LogP contribution >= 0.6 is 0 Å². The molecular weight excluding hydrogens is 312 g/mol. The number of likely N-dealkylation sites (tertiary alicyclic amines) is 1. The van der Waals surface area contributed by atoms with Crippen molar-refractivity contribution >= 4 is 5.96 Å². The molecule has 0 amide bonds. The van der Waals surface area contributed by atoms with Crippen molar-refractivity contribution in [3.8, 4) is 0 Å². The van der Waals surface area contributed by atoms with Crippen molar-refractivity contribution in [3.63, 3.8) is 0 Å². The second-order valence-corrected chi connectivity index (χ2v) is 8.25. The molecule has 3 aliphatic rings. The average molecular weight is 351 g/mol. The quantitative estimate of drug-likeness (QED) is 0.527. The molecule has 0 spiro atoms. The van der Waals surface area contributed by atoms with Crippen molar-refractivity contribution in [2.45, 2.75) is 89.3 Å². The van der Waals surface area contributed by atoms with Gasteiger partial charge < -0.3 is 15.7 Å². The molecule has 1 heterocycles. The van der Waals surface area contributed by atoms with E-state index in [9.17, 15) is 5.11 Å². The maximum absolute atomic E-state index is 10.0. The molecule has 144 valence electrons. The molecule has 1 saturated heterocycles. The predicted octanol–water partition coefficient (Wildman–Crippen LogP) is 2.50. The Hall–Kier alpha value is -0.810. The molecular formula is C20H38N4O. The summed E-state index contributed by atoms with van der Waals surface area (Å²) in [7, 11) is 0. The van der Waals surface area contributed by atoms with Crippen LogP contribution in [0.3, 0.4) is 0 Å². The topological polar surface area (TPSA) is 59.9 Å². The first-order chi connectivity index (χ1) is 12.3. The lowest BCUT2D eigenvalue weighted by atomic mass is 9.92. The summed E-state index contributed by atoms with van der Waals surface area (Å²) in [5.41, 5.74) is 0. The Kier molecular flexibility index (Phi) is 7.41. The van der Waals surface area contributed by atoms with Gasteiger partial charge in [0.1, 0.15) is 0 Å². The molecule has 3 atom stereocenters. The van der Waals surface area contributed by atoms with Crippen LogP contribution in [0.4, 0.5) is 0 Å². The number of guanidine groups is 1. The maximum Gasteiger partial charge on any atom is 0.191 e. The molecule has 3 rings (SSSR count). The Balaban J connectivity index is 1.51. The number of rotatable bonds is 5. The molecule has 3 unspecified atom stereocenters. The predicted molar refractivity (Wildman–Crippen MR) is 104 cm³/mol. The lowest BCUT2D eigenvalue weighted by Gasteiger charge is -2.40. The van der Waals surface area contributed by atoms with Crippen molar-refractivity contribution in [1.82, 2.24) is 15.5 Å². The summed E-state index contributed by atoms with van der Waals surface area (Å²) in [5.74, 6) is 1.29. The molecule has 1 aliphatic heterocycles. The van der Waals surface area contributed by atoms with E-state index in [1.54, 1.807) is 0 Å². The van der Waals surface area contributed by atoms with Gasteiger partial charge in [-0.3, -0.25) is 9.89 Å². The highest BCUT2D eigenvalue weighted by atomic mass is 16.3. The number of hydrogen-bond donors (Lipinski definition) is 3. The Labute approximate surface area is 153 Å². The van der Waals surface area contributed by atoms with E-state index in [0.29, 0.717) is 12.0 Å². The van der Waals surface area contributed by atoms with E-state index in [-0.39, 0.29) is 6.10 Å². The minimum Gasteiger partial charge on any atom is -0.393 e. The molecule has 0 aromatic rings. The highest BCUT2D eigenvalue weighted by molar-refractivity contribution is 5.80. The summed E-state index contributed by atoms with van der Waals surface area (Å²) in [6, 6.07) is 1.31. The van der Waals surface area contributed by atoms with Gasteiger partial charge in [0.25, 0.3) is 0 Å². The van der Waals surface area contributed by atoms with Gasteiger partial charge in [0, 0.05) is 37.6 Å². The van der Waals surface area contributed by atoms with E-state index >= 15 is 0 Å². The molecule has 3 fully saturated rings. The van der Waals surface area contributed by atoms with Crippen molar-refractivity contribution in [1.29, 1.82) is 0 Å². The van der Waals surface area contributed by atoms with Crippen LogP contribution in [-0.2, 0) is 0 Å². The van der Waals surface area contributed by atoms with Gasteiger partial charge in [-0.15, -0.1) is 0 Å². The van der Waals surface area contributed by atoms with Crippen LogP contribution in [0.2, 0.25) is 0 Å². The first kappa shape index (κ1) is 19.0. The van der Waals surface area contributed by atoms with Crippen molar-refractivity contribution in [2.24, 2.45) is 10.9 Å². The Bertz CT molecular complexity index is 422. The van der Waals surface area contributed by atoms with E-state index in [1.807, 2.05) is 0 Å². The van der Waals surface area contributed by atoms with Crippen LogP contribution in [0.25, 0.3) is 0 Å². The average Bonchev–Trinajstić information content (AvgIpc) is 3.06. The summed E-state index contributed by atoms with van der Waals surface area (Å²) < 4.78 is 0. The van der Waals surface area contributed by atoms with Gasteiger partial charge in [-0.05, 0) is 52.0 Å². The molecule has 0 bridgehead atoms. The van der Waals surface area contributed by atoms with E-state index in [2.05, 4.69) is 22.5 Å². The summed E-state index contributed by atoms with van der Waals surface area (Å²) in [6.45, 7) is 6.18. The summed E-state index contributed by atoms with van der Waals surface area (Å²) in [4.78, 5) is 7.52. The highest BCUT2D eigenvalue weighted by Gasteiger charge is 2.28. The van der Waals surface area contributed by atoms with E-state index in [1.165, 1.54) is 51.5 Å². The number of aliphatic hydroxyl groups is 1. The minimum absolute atomic E-state index is 0.150. The smallest absolute Gasteiger partial charge is 0.191 e. The molecule has 5 nitrogen and oxygen atoms in total. The van der Waals surface area contributed by atoms with Gasteiger partial charge in [-0.1, -0.05) is 25.7 Å². The monoisotopic (exact) mass is 350 g/mol. The van der Waals surface area contributed by atoms with E-state index < -0.39 is 0 Å². The second-order valence-electron chi connectivity index (χ2n) is 8.25. The van der Waals surface area contributed by atoms with Crippen LogP contribution in [0.15, 0.2) is 4.99 Å². The van der Waals surface area contributed by atoms with Crippen LogP contribution in [0.5, 0.6) is 0 Å². The van der Waals surface area contributed by atoms with Gasteiger partial charge in [0.05, 0.1) is 6.10 Å².